The van der Waals surface area contributed by atoms with Crippen LogP contribution in [0.1, 0.15) is 33.3 Å². The lowest BCUT2D eigenvalue weighted by Gasteiger charge is -2.33. The molecule has 3 nitrogen and oxygen atoms in total. The second kappa shape index (κ2) is 5.19. The molecule has 1 aliphatic heterocycles. The van der Waals surface area contributed by atoms with Crippen LogP contribution in [0.3, 0.4) is 0 Å². The van der Waals surface area contributed by atoms with E-state index in [1.807, 2.05) is 0 Å². The normalized spacial score (nSPS) is 18.4. The van der Waals surface area contributed by atoms with Gasteiger partial charge in [0, 0.05) is 6.04 Å². The summed E-state index contributed by atoms with van der Waals surface area (Å²) >= 11 is 0. The van der Waals surface area contributed by atoms with E-state index in [1.165, 1.54) is 5.56 Å². The summed E-state index contributed by atoms with van der Waals surface area (Å²) in [4.78, 5) is 0. The Bertz CT molecular complexity index is 415. The zero-order chi connectivity index (χ0) is 13.2. The van der Waals surface area contributed by atoms with E-state index < -0.39 is 0 Å². The van der Waals surface area contributed by atoms with Crippen LogP contribution in [-0.2, 0) is 6.42 Å². The van der Waals surface area contributed by atoms with E-state index >= 15 is 0 Å². The Labute approximate surface area is 110 Å². The van der Waals surface area contributed by atoms with Crippen molar-refractivity contribution in [3.05, 3.63) is 23.8 Å². The maximum atomic E-state index is 5.95. The Morgan fingerprint density at radius 3 is 2.94 bits per heavy atom. The third-order valence-corrected chi connectivity index (χ3v) is 3.23. The number of hydrogen-bond acceptors (Lipinski definition) is 3. The van der Waals surface area contributed by atoms with Gasteiger partial charge in [-0.25, -0.2) is 0 Å². The van der Waals surface area contributed by atoms with Crippen LogP contribution >= 0.6 is 0 Å². The molecule has 0 radical (unpaired) electrons. The highest BCUT2D eigenvalue weighted by Gasteiger charge is 2.26. The molecule has 1 aromatic rings. The molecule has 1 heterocycles. The van der Waals surface area contributed by atoms with Crippen molar-refractivity contribution in [3.8, 4) is 5.75 Å². The zero-order valence-electron chi connectivity index (χ0n) is 11.8. The van der Waals surface area contributed by atoms with Gasteiger partial charge in [-0.05, 0) is 51.4 Å². The van der Waals surface area contributed by atoms with Crippen LogP contribution in [0.5, 0.6) is 5.75 Å². The summed E-state index contributed by atoms with van der Waals surface area (Å²) in [5.74, 6) is 0.964. The highest BCUT2D eigenvalue weighted by molar-refractivity contribution is 5.60. The van der Waals surface area contributed by atoms with E-state index in [-0.39, 0.29) is 5.60 Å². The average molecular weight is 248 g/mol. The summed E-state index contributed by atoms with van der Waals surface area (Å²) in [5.41, 5.74) is 2.35. The van der Waals surface area contributed by atoms with E-state index in [0.29, 0.717) is 6.04 Å². The highest BCUT2D eigenvalue weighted by Crippen LogP contribution is 2.33. The molecule has 0 saturated heterocycles. The van der Waals surface area contributed by atoms with Crippen molar-refractivity contribution in [1.82, 2.24) is 5.32 Å². The summed E-state index contributed by atoms with van der Waals surface area (Å²) in [6, 6.07) is 6.96. The van der Waals surface area contributed by atoms with E-state index in [9.17, 15) is 0 Å². The van der Waals surface area contributed by atoms with E-state index in [4.69, 9.17) is 4.74 Å². The van der Waals surface area contributed by atoms with Crippen LogP contribution in [0.4, 0.5) is 5.69 Å². The SMILES string of the molecule is CCNC(C)Cc1ccc2c(c1)NCC(C)(C)O2. The van der Waals surface area contributed by atoms with Crippen molar-refractivity contribution in [2.45, 2.75) is 45.8 Å². The molecule has 18 heavy (non-hydrogen) atoms. The standard InChI is InChI=1S/C15H24N2O/c1-5-16-11(2)8-12-6-7-14-13(9-12)17-10-15(3,4)18-14/h6-7,9,11,16-17H,5,8,10H2,1-4H3. The predicted octanol–water partition coefficient (Wildman–Crippen LogP) is 2.81. The quantitative estimate of drug-likeness (QED) is 0.859. The molecule has 1 atom stereocenters. The summed E-state index contributed by atoms with van der Waals surface area (Å²) < 4.78 is 5.95. The molecular weight excluding hydrogens is 224 g/mol. The largest absolute Gasteiger partial charge is 0.484 e. The van der Waals surface area contributed by atoms with Gasteiger partial charge in [0.25, 0.3) is 0 Å². The number of hydrogen-bond donors (Lipinski definition) is 2. The first-order valence-electron chi connectivity index (χ1n) is 6.79. The molecule has 1 unspecified atom stereocenters. The first kappa shape index (κ1) is 13.2. The number of nitrogens with one attached hydrogen (secondary N) is 2. The molecule has 0 aromatic heterocycles. The Hall–Kier alpha value is -1.22. The lowest BCUT2D eigenvalue weighted by molar-refractivity contribution is 0.116. The van der Waals surface area contributed by atoms with Crippen molar-refractivity contribution in [3.63, 3.8) is 0 Å². The van der Waals surface area contributed by atoms with Crippen molar-refractivity contribution in [1.29, 1.82) is 0 Å². The molecule has 0 bridgehead atoms. The molecule has 2 N–H and O–H groups in total. The Morgan fingerprint density at radius 2 is 2.22 bits per heavy atom. The van der Waals surface area contributed by atoms with E-state index in [0.717, 1.165) is 30.9 Å². The van der Waals surface area contributed by atoms with E-state index in [1.54, 1.807) is 0 Å². The van der Waals surface area contributed by atoms with Gasteiger partial charge in [-0.15, -0.1) is 0 Å². The minimum absolute atomic E-state index is 0.119. The fourth-order valence-electron chi connectivity index (χ4n) is 2.35. The van der Waals surface area contributed by atoms with Crippen LogP contribution in [0.2, 0.25) is 0 Å². The third kappa shape index (κ3) is 3.16. The van der Waals surface area contributed by atoms with Crippen LogP contribution in [0.15, 0.2) is 18.2 Å². The molecule has 3 heteroatoms. The highest BCUT2D eigenvalue weighted by atomic mass is 16.5. The van der Waals surface area contributed by atoms with Crippen molar-refractivity contribution in [2.75, 3.05) is 18.4 Å². The molecule has 2 rings (SSSR count). The molecule has 0 amide bonds. The second-order valence-corrected chi connectivity index (χ2v) is 5.71. The maximum Gasteiger partial charge on any atom is 0.143 e. The minimum atomic E-state index is -0.119. The van der Waals surface area contributed by atoms with Gasteiger partial charge in [0.2, 0.25) is 0 Å². The summed E-state index contributed by atoms with van der Waals surface area (Å²) in [5, 5.41) is 6.89. The Kier molecular flexibility index (Phi) is 3.81. The number of anilines is 1. The summed E-state index contributed by atoms with van der Waals surface area (Å²) in [7, 11) is 0. The van der Waals surface area contributed by atoms with Gasteiger partial charge in [0.05, 0.1) is 12.2 Å². The number of benzene rings is 1. The van der Waals surface area contributed by atoms with Crippen LogP contribution in [0.25, 0.3) is 0 Å². The van der Waals surface area contributed by atoms with Crippen LogP contribution in [0, 0.1) is 0 Å². The molecule has 0 aliphatic carbocycles. The van der Waals surface area contributed by atoms with Crippen LogP contribution in [-0.4, -0.2) is 24.7 Å². The number of fused-ring (bicyclic) bond motifs is 1. The van der Waals surface area contributed by atoms with Gasteiger partial charge in [-0.1, -0.05) is 13.0 Å². The molecule has 100 valence electrons. The topological polar surface area (TPSA) is 33.3 Å². The first-order valence-corrected chi connectivity index (χ1v) is 6.79. The number of ether oxygens (including phenoxy) is 1. The molecular formula is C15H24N2O. The minimum Gasteiger partial charge on any atom is -0.484 e. The third-order valence-electron chi connectivity index (χ3n) is 3.23. The first-order chi connectivity index (χ1) is 8.50. The lowest BCUT2D eigenvalue weighted by Crippen LogP contribution is -2.40. The van der Waals surface area contributed by atoms with Crippen LogP contribution < -0.4 is 15.4 Å². The van der Waals surface area contributed by atoms with Gasteiger partial charge < -0.3 is 15.4 Å². The smallest absolute Gasteiger partial charge is 0.143 e. The van der Waals surface area contributed by atoms with Gasteiger partial charge in [-0.2, -0.15) is 0 Å². The van der Waals surface area contributed by atoms with Gasteiger partial charge in [-0.3, -0.25) is 0 Å². The molecule has 1 aromatic carbocycles. The molecule has 0 spiro atoms. The molecule has 1 aliphatic rings. The fourth-order valence-corrected chi connectivity index (χ4v) is 2.35. The van der Waals surface area contributed by atoms with Gasteiger partial charge >= 0.3 is 0 Å². The van der Waals surface area contributed by atoms with E-state index in [2.05, 4.69) is 56.5 Å². The second-order valence-electron chi connectivity index (χ2n) is 5.71. The fraction of sp³-hybridized carbons (Fsp3) is 0.600. The number of likely N-dealkylation sites (N-methyl/N-ethyl adjacent to an activating group) is 1. The monoisotopic (exact) mass is 248 g/mol. The Balaban J connectivity index is 2.09. The maximum absolute atomic E-state index is 5.95. The van der Waals surface area contributed by atoms with Crippen molar-refractivity contribution >= 4 is 5.69 Å². The Morgan fingerprint density at radius 1 is 1.44 bits per heavy atom. The summed E-state index contributed by atoms with van der Waals surface area (Å²) in [6.07, 6.45) is 1.05. The zero-order valence-corrected chi connectivity index (χ0v) is 11.8. The molecule has 0 saturated carbocycles. The van der Waals surface area contributed by atoms with Crippen molar-refractivity contribution in [2.24, 2.45) is 0 Å². The average Bonchev–Trinajstić information content (AvgIpc) is 2.29. The lowest BCUT2D eigenvalue weighted by atomic mass is 10.0. The van der Waals surface area contributed by atoms with Crippen molar-refractivity contribution < 1.29 is 4.74 Å². The predicted molar refractivity (Wildman–Crippen MR) is 76.5 cm³/mol. The molecule has 0 fully saturated rings. The number of rotatable bonds is 4. The van der Waals surface area contributed by atoms with Gasteiger partial charge in [0.1, 0.15) is 11.4 Å². The van der Waals surface area contributed by atoms with Gasteiger partial charge in [0.15, 0.2) is 0 Å². The summed E-state index contributed by atoms with van der Waals surface area (Å²) in [6.45, 7) is 10.4.